The molecule has 7 heteroatoms. The third-order valence-corrected chi connectivity index (χ3v) is 5.94. The van der Waals surface area contributed by atoms with Crippen LogP contribution in [0.4, 0.5) is 0 Å². The molecule has 0 amide bonds. The molecule has 0 aliphatic carbocycles. The number of benzene rings is 2. The maximum atomic E-state index is 12.4. The molecule has 0 atom stereocenters. The fourth-order valence-electron chi connectivity index (χ4n) is 4.37. The molecule has 2 aromatic carbocycles. The Morgan fingerprint density at radius 3 is 1.81 bits per heavy atom. The maximum absolute atomic E-state index is 12.4. The SMILES string of the molecule is O=C(O)CCCCC1([N+](=O)[O-])CN(Cc2ccccc2)CCN(Cc2ccccc2)C1. The first-order chi connectivity index (χ1) is 15.0. The molecule has 1 saturated heterocycles. The summed E-state index contributed by atoms with van der Waals surface area (Å²) in [5.41, 5.74) is 1.17. The van der Waals surface area contributed by atoms with Crippen molar-refractivity contribution in [2.75, 3.05) is 26.2 Å². The largest absolute Gasteiger partial charge is 0.481 e. The van der Waals surface area contributed by atoms with Gasteiger partial charge in [-0.3, -0.25) is 24.7 Å². The van der Waals surface area contributed by atoms with Crippen molar-refractivity contribution in [3.63, 3.8) is 0 Å². The van der Waals surface area contributed by atoms with Crippen LogP contribution in [0.25, 0.3) is 0 Å². The second kappa shape index (κ2) is 11.0. The molecule has 1 N–H and O–H groups in total. The molecule has 0 bridgehead atoms. The van der Waals surface area contributed by atoms with E-state index in [-0.39, 0.29) is 11.3 Å². The van der Waals surface area contributed by atoms with Crippen LogP contribution in [0, 0.1) is 10.1 Å². The number of carboxylic acid groups (broad SMARTS) is 1. The summed E-state index contributed by atoms with van der Waals surface area (Å²) in [6.45, 7) is 3.59. The van der Waals surface area contributed by atoms with E-state index in [1.54, 1.807) is 0 Å². The van der Waals surface area contributed by atoms with E-state index in [0.717, 1.165) is 24.2 Å². The van der Waals surface area contributed by atoms with Crippen LogP contribution >= 0.6 is 0 Å². The van der Waals surface area contributed by atoms with Crippen LogP contribution in [0.3, 0.4) is 0 Å². The van der Waals surface area contributed by atoms with Crippen molar-refractivity contribution in [2.45, 2.75) is 44.3 Å². The Labute approximate surface area is 183 Å². The Balaban J connectivity index is 1.79. The van der Waals surface area contributed by atoms with Gasteiger partial charge in [0.1, 0.15) is 0 Å². The Morgan fingerprint density at radius 1 is 0.903 bits per heavy atom. The number of nitrogens with zero attached hydrogens (tertiary/aromatic N) is 3. The summed E-state index contributed by atoms with van der Waals surface area (Å²) < 4.78 is 0. The van der Waals surface area contributed by atoms with E-state index in [2.05, 4.69) is 9.80 Å². The zero-order chi connectivity index (χ0) is 22.1. The first-order valence-electron chi connectivity index (χ1n) is 10.9. The second-order valence-electron chi connectivity index (χ2n) is 8.47. The van der Waals surface area contributed by atoms with E-state index in [1.165, 1.54) is 0 Å². The van der Waals surface area contributed by atoms with E-state index < -0.39 is 11.5 Å². The van der Waals surface area contributed by atoms with Gasteiger partial charge in [0.05, 0.1) is 13.1 Å². The summed E-state index contributed by atoms with van der Waals surface area (Å²) in [5, 5.41) is 21.3. The van der Waals surface area contributed by atoms with Crippen molar-refractivity contribution in [1.82, 2.24) is 9.80 Å². The highest BCUT2D eigenvalue weighted by molar-refractivity contribution is 5.66. The molecule has 0 unspecified atom stereocenters. The quantitative estimate of drug-likeness (QED) is 0.355. The number of hydrogen-bond donors (Lipinski definition) is 1. The number of carboxylic acids is 1. The van der Waals surface area contributed by atoms with Crippen molar-refractivity contribution in [2.24, 2.45) is 0 Å². The summed E-state index contributed by atoms with van der Waals surface area (Å²) >= 11 is 0. The van der Waals surface area contributed by atoms with E-state index in [0.29, 0.717) is 45.4 Å². The number of aliphatic carboxylic acids is 1. The summed E-state index contributed by atoms with van der Waals surface area (Å²) in [7, 11) is 0. The van der Waals surface area contributed by atoms with Crippen LogP contribution in [0.15, 0.2) is 60.7 Å². The molecule has 0 aromatic heterocycles. The maximum Gasteiger partial charge on any atom is 0.303 e. The molecule has 1 fully saturated rings. The van der Waals surface area contributed by atoms with Gasteiger partial charge in [-0.2, -0.15) is 0 Å². The van der Waals surface area contributed by atoms with Crippen LogP contribution in [-0.4, -0.2) is 57.5 Å². The molecule has 3 rings (SSSR count). The van der Waals surface area contributed by atoms with Gasteiger partial charge in [-0.05, 0) is 24.0 Å². The molecule has 1 heterocycles. The van der Waals surface area contributed by atoms with Crippen molar-refractivity contribution >= 4 is 5.97 Å². The van der Waals surface area contributed by atoms with Gasteiger partial charge in [0.15, 0.2) is 0 Å². The Hall–Kier alpha value is -2.77. The zero-order valence-corrected chi connectivity index (χ0v) is 17.9. The summed E-state index contributed by atoms with van der Waals surface area (Å²) in [5.74, 6) is -0.854. The molecule has 0 saturated carbocycles. The first-order valence-corrected chi connectivity index (χ1v) is 10.9. The molecule has 166 valence electrons. The van der Waals surface area contributed by atoms with Crippen molar-refractivity contribution in [3.8, 4) is 0 Å². The minimum atomic E-state index is -1.11. The van der Waals surface area contributed by atoms with Gasteiger partial charge >= 0.3 is 5.97 Å². The first kappa shape index (κ1) is 22.9. The van der Waals surface area contributed by atoms with Gasteiger partial charge in [-0.1, -0.05) is 60.7 Å². The van der Waals surface area contributed by atoms with E-state index >= 15 is 0 Å². The number of rotatable bonds is 10. The number of hydrogen-bond acceptors (Lipinski definition) is 5. The molecule has 7 nitrogen and oxygen atoms in total. The standard InChI is InChI=1S/C24H31N3O4/c28-23(29)13-7-8-14-24(27(30)31)19-25(17-21-9-3-1-4-10-21)15-16-26(20-24)18-22-11-5-2-6-12-22/h1-6,9-12H,7-8,13-20H2,(H,28,29). The molecule has 1 aliphatic heterocycles. The lowest BCUT2D eigenvalue weighted by Gasteiger charge is -2.30. The van der Waals surface area contributed by atoms with Gasteiger partial charge in [0.25, 0.3) is 0 Å². The van der Waals surface area contributed by atoms with Crippen LogP contribution in [-0.2, 0) is 17.9 Å². The van der Waals surface area contributed by atoms with Crippen molar-refractivity contribution < 1.29 is 14.8 Å². The molecular weight excluding hydrogens is 394 g/mol. The minimum Gasteiger partial charge on any atom is -0.481 e. The predicted octanol–water partition coefficient (Wildman–Crippen LogP) is 3.66. The smallest absolute Gasteiger partial charge is 0.303 e. The lowest BCUT2D eigenvalue weighted by molar-refractivity contribution is -0.571. The summed E-state index contributed by atoms with van der Waals surface area (Å²) in [6.07, 6.45) is 1.42. The summed E-state index contributed by atoms with van der Waals surface area (Å²) in [6, 6.07) is 20.1. The van der Waals surface area contributed by atoms with Crippen LogP contribution < -0.4 is 0 Å². The molecule has 2 aromatic rings. The minimum absolute atomic E-state index is 0.0508. The van der Waals surface area contributed by atoms with E-state index in [9.17, 15) is 14.9 Å². The molecule has 31 heavy (non-hydrogen) atoms. The molecule has 0 radical (unpaired) electrons. The third-order valence-electron chi connectivity index (χ3n) is 5.94. The molecule has 0 spiro atoms. The number of carbonyl (C=O) groups is 1. The van der Waals surface area contributed by atoms with Gasteiger partial charge in [0.2, 0.25) is 5.54 Å². The van der Waals surface area contributed by atoms with Crippen LogP contribution in [0.5, 0.6) is 0 Å². The fraction of sp³-hybridized carbons (Fsp3) is 0.458. The highest BCUT2D eigenvalue weighted by atomic mass is 16.6. The number of nitro groups is 1. The summed E-state index contributed by atoms with van der Waals surface area (Å²) in [4.78, 5) is 27.5. The Kier molecular flexibility index (Phi) is 8.14. The Morgan fingerprint density at radius 2 is 1.39 bits per heavy atom. The van der Waals surface area contributed by atoms with Gasteiger partial charge in [-0.25, -0.2) is 0 Å². The molecular formula is C24H31N3O4. The topological polar surface area (TPSA) is 86.9 Å². The fourth-order valence-corrected chi connectivity index (χ4v) is 4.37. The average Bonchev–Trinajstić information content (AvgIpc) is 2.93. The average molecular weight is 426 g/mol. The monoisotopic (exact) mass is 425 g/mol. The van der Waals surface area contributed by atoms with Crippen LogP contribution in [0.1, 0.15) is 36.8 Å². The molecule has 1 aliphatic rings. The van der Waals surface area contributed by atoms with Crippen LogP contribution in [0.2, 0.25) is 0 Å². The van der Waals surface area contributed by atoms with E-state index in [4.69, 9.17) is 5.11 Å². The third kappa shape index (κ3) is 6.87. The van der Waals surface area contributed by atoms with E-state index in [1.807, 2.05) is 60.7 Å². The van der Waals surface area contributed by atoms with Crippen molar-refractivity contribution in [1.29, 1.82) is 0 Å². The van der Waals surface area contributed by atoms with Gasteiger partial charge in [-0.15, -0.1) is 0 Å². The Bertz CT molecular complexity index is 793. The lowest BCUT2D eigenvalue weighted by Crippen LogP contribution is -2.52. The highest BCUT2D eigenvalue weighted by Gasteiger charge is 2.47. The zero-order valence-electron chi connectivity index (χ0n) is 17.9. The normalized spacial score (nSPS) is 17.2. The van der Waals surface area contributed by atoms with Crippen molar-refractivity contribution in [3.05, 3.63) is 81.9 Å². The van der Waals surface area contributed by atoms with Gasteiger partial charge < -0.3 is 5.11 Å². The van der Waals surface area contributed by atoms with Gasteiger partial charge in [0, 0.05) is 43.9 Å². The predicted molar refractivity (Wildman–Crippen MR) is 119 cm³/mol. The lowest BCUT2D eigenvalue weighted by atomic mass is 9.91. The second-order valence-corrected chi connectivity index (χ2v) is 8.47. The highest BCUT2D eigenvalue weighted by Crippen LogP contribution is 2.27. The number of unbranched alkanes of at least 4 members (excludes halogenated alkanes) is 1.